The van der Waals surface area contributed by atoms with Crippen LogP contribution in [0.5, 0.6) is 0 Å². The lowest BCUT2D eigenvalue weighted by Gasteiger charge is -2.01. The average molecular weight is 135 g/mol. The van der Waals surface area contributed by atoms with Crippen molar-refractivity contribution in [2.75, 3.05) is 6.67 Å². The highest BCUT2D eigenvalue weighted by Crippen LogP contribution is 2.05. The van der Waals surface area contributed by atoms with E-state index in [9.17, 15) is 4.79 Å². The van der Waals surface area contributed by atoms with E-state index in [1.54, 1.807) is 6.08 Å². The van der Waals surface area contributed by atoms with Crippen LogP contribution in [0.4, 0.5) is 0 Å². The Morgan fingerprint density at radius 3 is 3.30 bits per heavy atom. The fourth-order valence-corrected chi connectivity index (χ4v) is 0.934. The molecule has 0 fully saturated rings. The zero-order chi connectivity index (χ0) is 6.97. The van der Waals surface area contributed by atoms with Gasteiger partial charge in [-0.1, -0.05) is 0 Å². The average Bonchev–Trinajstić information content (AvgIpc) is 2.36. The first-order chi connectivity index (χ1) is 4.88. The number of allylic oxidation sites excluding steroid dienone is 1. The van der Waals surface area contributed by atoms with Crippen LogP contribution in [0, 0.1) is 0 Å². The first-order valence-corrected chi connectivity index (χ1v) is 2.95. The van der Waals surface area contributed by atoms with Crippen LogP contribution in [-0.4, -0.2) is 24.5 Å². The summed E-state index contributed by atoms with van der Waals surface area (Å²) in [5.74, 6) is -0.248. The van der Waals surface area contributed by atoms with Crippen molar-refractivity contribution >= 4 is 17.8 Å². The molecular formula is C6H5N3O. The Balaban J connectivity index is 2.48. The van der Waals surface area contributed by atoms with Crippen LogP contribution < -0.4 is 5.32 Å². The third-order valence-electron chi connectivity index (χ3n) is 1.40. The van der Waals surface area contributed by atoms with Crippen molar-refractivity contribution in [1.82, 2.24) is 5.32 Å². The van der Waals surface area contributed by atoms with Crippen molar-refractivity contribution < 1.29 is 4.79 Å². The predicted octanol–water partition coefficient (Wildman–Crippen LogP) is -0.517. The van der Waals surface area contributed by atoms with Gasteiger partial charge in [-0.3, -0.25) is 9.79 Å². The zero-order valence-corrected chi connectivity index (χ0v) is 5.16. The highest BCUT2D eigenvalue weighted by Gasteiger charge is 2.21. The fourth-order valence-electron chi connectivity index (χ4n) is 0.934. The van der Waals surface area contributed by atoms with Gasteiger partial charge in [0.05, 0.1) is 5.70 Å². The molecule has 4 heteroatoms. The number of carbonyl (C=O) groups excluding carboxylic acids is 1. The molecule has 1 N–H and O–H groups in total. The molecule has 2 aliphatic rings. The monoisotopic (exact) mass is 135 g/mol. The quantitative estimate of drug-likeness (QED) is 0.486. The van der Waals surface area contributed by atoms with E-state index < -0.39 is 0 Å². The summed E-state index contributed by atoms with van der Waals surface area (Å²) >= 11 is 0. The Morgan fingerprint density at radius 1 is 1.60 bits per heavy atom. The minimum absolute atomic E-state index is 0.248. The van der Waals surface area contributed by atoms with Crippen molar-refractivity contribution in [3.05, 3.63) is 11.8 Å². The first-order valence-electron chi connectivity index (χ1n) is 2.95. The maximum atomic E-state index is 10.9. The smallest absolute Gasteiger partial charge is 0.297 e. The molecule has 0 aromatic carbocycles. The molecule has 0 aliphatic carbocycles. The van der Waals surface area contributed by atoms with Crippen molar-refractivity contribution in [2.45, 2.75) is 0 Å². The van der Waals surface area contributed by atoms with Gasteiger partial charge in [-0.2, -0.15) is 0 Å². The highest BCUT2D eigenvalue weighted by atomic mass is 16.1. The highest BCUT2D eigenvalue weighted by molar-refractivity contribution is 6.48. The van der Waals surface area contributed by atoms with Crippen LogP contribution >= 0.6 is 0 Å². The van der Waals surface area contributed by atoms with E-state index in [0.717, 1.165) is 5.70 Å². The Labute approximate surface area is 57.4 Å². The zero-order valence-electron chi connectivity index (χ0n) is 5.16. The number of fused-ring (bicyclic) bond motifs is 1. The molecule has 10 heavy (non-hydrogen) atoms. The molecule has 0 unspecified atom stereocenters. The number of rotatable bonds is 0. The topological polar surface area (TPSA) is 53.8 Å². The minimum atomic E-state index is -0.248. The Hall–Kier alpha value is -1.45. The largest absolute Gasteiger partial charge is 0.364 e. The number of hydrogen-bond donors (Lipinski definition) is 1. The molecule has 1 amide bonds. The molecule has 2 rings (SSSR count). The Morgan fingerprint density at radius 2 is 2.50 bits per heavy atom. The maximum absolute atomic E-state index is 10.9. The number of aliphatic imine (C=N–C) groups is 2. The summed E-state index contributed by atoms with van der Waals surface area (Å²) in [4.78, 5) is 18.3. The molecular weight excluding hydrogens is 130 g/mol. The Kier molecular flexibility index (Phi) is 0.943. The third kappa shape index (κ3) is 0.586. The normalized spacial score (nSPS) is 21.4. The minimum Gasteiger partial charge on any atom is -0.364 e. The van der Waals surface area contributed by atoms with E-state index in [1.807, 2.05) is 0 Å². The van der Waals surface area contributed by atoms with Crippen molar-refractivity contribution in [3.63, 3.8) is 0 Å². The van der Waals surface area contributed by atoms with E-state index in [0.29, 0.717) is 12.4 Å². The summed E-state index contributed by atoms with van der Waals surface area (Å²) in [5, 5.41) is 2.93. The molecule has 0 aromatic rings. The maximum Gasteiger partial charge on any atom is 0.297 e. The van der Waals surface area contributed by atoms with E-state index in [-0.39, 0.29) is 5.91 Å². The lowest BCUT2D eigenvalue weighted by atomic mass is 10.2. The van der Waals surface area contributed by atoms with Crippen LogP contribution in [0.2, 0.25) is 0 Å². The molecule has 0 spiro atoms. The van der Waals surface area contributed by atoms with Gasteiger partial charge in [-0.15, -0.1) is 0 Å². The molecule has 4 nitrogen and oxygen atoms in total. The van der Waals surface area contributed by atoms with Gasteiger partial charge in [0.2, 0.25) is 0 Å². The van der Waals surface area contributed by atoms with E-state index in [2.05, 4.69) is 15.3 Å². The van der Waals surface area contributed by atoms with Crippen molar-refractivity contribution in [3.8, 4) is 0 Å². The summed E-state index contributed by atoms with van der Waals surface area (Å²) in [6.45, 7) is 0.496. The van der Waals surface area contributed by atoms with E-state index in [1.165, 1.54) is 6.21 Å². The van der Waals surface area contributed by atoms with Gasteiger partial charge in [-0.05, 0) is 6.08 Å². The third-order valence-corrected chi connectivity index (χ3v) is 1.40. The molecule has 0 saturated carbocycles. The summed E-state index contributed by atoms with van der Waals surface area (Å²) < 4.78 is 0. The van der Waals surface area contributed by atoms with Gasteiger partial charge in [0.15, 0.2) is 0 Å². The summed E-state index contributed by atoms with van der Waals surface area (Å²) in [6.07, 6.45) is 3.22. The predicted molar refractivity (Wildman–Crippen MR) is 37.0 cm³/mol. The molecule has 0 bridgehead atoms. The van der Waals surface area contributed by atoms with Crippen molar-refractivity contribution in [1.29, 1.82) is 0 Å². The second kappa shape index (κ2) is 1.76. The summed E-state index contributed by atoms with van der Waals surface area (Å²) in [5.41, 5.74) is 1.25. The van der Waals surface area contributed by atoms with Crippen molar-refractivity contribution in [2.24, 2.45) is 9.98 Å². The van der Waals surface area contributed by atoms with Crippen LogP contribution in [-0.2, 0) is 4.79 Å². The number of amides is 1. The number of nitrogens with zero attached hydrogens (tertiary/aromatic N) is 2. The van der Waals surface area contributed by atoms with E-state index in [4.69, 9.17) is 0 Å². The lowest BCUT2D eigenvalue weighted by molar-refractivity contribution is -0.111. The molecule has 2 aliphatic heterocycles. The molecule has 0 radical (unpaired) electrons. The van der Waals surface area contributed by atoms with Gasteiger partial charge < -0.3 is 5.32 Å². The Bertz CT molecular complexity index is 275. The second-order valence-electron chi connectivity index (χ2n) is 2.01. The molecule has 0 saturated heterocycles. The second-order valence-corrected chi connectivity index (χ2v) is 2.01. The molecule has 0 aromatic heterocycles. The van der Waals surface area contributed by atoms with Gasteiger partial charge in [0.1, 0.15) is 12.4 Å². The molecule has 50 valence electrons. The number of carbonyl (C=O) groups is 1. The van der Waals surface area contributed by atoms with Gasteiger partial charge in [-0.25, -0.2) is 4.99 Å². The fraction of sp³-hybridized carbons (Fsp3) is 0.167. The van der Waals surface area contributed by atoms with Gasteiger partial charge in [0, 0.05) is 6.21 Å². The summed E-state index contributed by atoms with van der Waals surface area (Å²) in [6, 6.07) is 0. The number of hydrogen-bond acceptors (Lipinski definition) is 3. The van der Waals surface area contributed by atoms with E-state index >= 15 is 0 Å². The number of nitrogens with one attached hydrogen (secondary N) is 1. The molecule has 0 atom stereocenters. The van der Waals surface area contributed by atoms with Crippen LogP contribution in [0.1, 0.15) is 0 Å². The number of dihydropyridines is 1. The van der Waals surface area contributed by atoms with Crippen LogP contribution in [0.3, 0.4) is 0 Å². The lowest BCUT2D eigenvalue weighted by Crippen LogP contribution is -2.20. The molecule has 2 heterocycles. The first kappa shape index (κ1) is 5.34. The van der Waals surface area contributed by atoms with Gasteiger partial charge in [0.25, 0.3) is 5.91 Å². The van der Waals surface area contributed by atoms with Crippen LogP contribution in [0.25, 0.3) is 0 Å². The summed E-state index contributed by atoms with van der Waals surface area (Å²) in [7, 11) is 0. The standard InChI is InChI=1S/C6H5N3O/c10-6-5-4(1-2-7-6)8-3-9-5/h1-2,8H,3H2. The SMILES string of the molecule is O=C1N=CC=C2NCN=C12. The van der Waals surface area contributed by atoms with Crippen LogP contribution in [0.15, 0.2) is 21.8 Å². The van der Waals surface area contributed by atoms with Gasteiger partial charge >= 0.3 is 0 Å².